The quantitative estimate of drug-likeness (QED) is 0.642. The van der Waals surface area contributed by atoms with Gasteiger partial charge in [0.1, 0.15) is 0 Å². The molecule has 2 nitrogen and oxygen atoms in total. The standard InChI is InChI=1S/C10H19O2/c1-8(2)6-9-7-10(3,11)4-5-12-9/h8-9,11H,3-7H2,1-2H3/q+1. The van der Waals surface area contributed by atoms with Crippen molar-refractivity contribution in [2.75, 3.05) is 6.61 Å². The minimum Gasteiger partial charge on any atom is -0.378 e. The molecule has 0 amide bonds. The maximum Gasteiger partial charge on any atom is 0.206 e. The third-order valence-corrected chi connectivity index (χ3v) is 2.26. The van der Waals surface area contributed by atoms with Crippen LogP contribution >= 0.6 is 0 Å². The van der Waals surface area contributed by atoms with Crippen molar-refractivity contribution in [3.8, 4) is 0 Å². The van der Waals surface area contributed by atoms with Crippen LogP contribution in [0.15, 0.2) is 0 Å². The van der Waals surface area contributed by atoms with Crippen LogP contribution in [-0.2, 0) is 4.74 Å². The predicted molar refractivity (Wildman–Crippen MR) is 48.7 cm³/mol. The molecule has 1 aliphatic heterocycles. The summed E-state index contributed by atoms with van der Waals surface area (Å²) in [5, 5.41) is 9.67. The zero-order valence-electron chi connectivity index (χ0n) is 8.05. The van der Waals surface area contributed by atoms with E-state index in [-0.39, 0.29) is 6.10 Å². The first kappa shape index (κ1) is 9.87. The van der Waals surface area contributed by atoms with Crippen LogP contribution in [0, 0.1) is 12.8 Å². The molecule has 0 spiro atoms. The van der Waals surface area contributed by atoms with Crippen molar-refractivity contribution >= 4 is 0 Å². The van der Waals surface area contributed by atoms with Crippen LogP contribution in [0.5, 0.6) is 0 Å². The molecule has 0 aliphatic carbocycles. The van der Waals surface area contributed by atoms with Crippen LogP contribution in [-0.4, -0.2) is 23.4 Å². The highest BCUT2D eigenvalue weighted by Gasteiger charge is 2.36. The summed E-state index contributed by atoms with van der Waals surface area (Å²) < 4.78 is 5.52. The fourth-order valence-corrected chi connectivity index (χ4v) is 1.68. The Balaban J connectivity index is 2.36. The Kier molecular flexibility index (Phi) is 3.02. The van der Waals surface area contributed by atoms with Crippen LogP contribution in [0.1, 0.15) is 33.1 Å². The second-order valence-electron chi connectivity index (χ2n) is 4.30. The van der Waals surface area contributed by atoms with Crippen LogP contribution in [0.4, 0.5) is 0 Å². The van der Waals surface area contributed by atoms with Crippen molar-refractivity contribution in [3.63, 3.8) is 0 Å². The molecule has 70 valence electrons. The highest BCUT2D eigenvalue weighted by atomic mass is 16.5. The number of ether oxygens (including phenoxy) is 1. The van der Waals surface area contributed by atoms with Crippen molar-refractivity contribution in [1.82, 2.24) is 0 Å². The van der Waals surface area contributed by atoms with Gasteiger partial charge < -0.3 is 9.84 Å². The fourth-order valence-electron chi connectivity index (χ4n) is 1.68. The zero-order chi connectivity index (χ0) is 9.19. The summed E-state index contributed by atoms with van der Waals surface area (Å²) >= 11 is 0. The topological polar surface area (TPSA) is 29.5 Å². The summed E-state index contributed by atoms with van der Waals surface area (Å²) in [7, 11) is 0. The lowest BCUT2D eigenvalue weighted by atomic mass is 9.89. The van der Waals surface area contributed by atoms with Crippen LogP contribution in [0.2, 0.25) is 0 Å². The third kappa shape index (κ3) is 3.03. The van der Waals surface area contributed by atoms with Gasteiger partial charge in [0.15, 0.2) is 0 Å². The number of hydrogen-bond acceptors (Lipinski definition) is 2. The molecule has 2 atom stereocenters. The maximum absolute atomic E-state index is 9.67. The normalized spacial score (nSPS) is 37.2. The Morgan fingerprint density at radius 1 is 1.67 bits per heavy atom. The zero-order valence-corrected chi connectivity index (χ0v) is 8.05. The lowest BCUT2D eigenvalue weighted by Gasteiger charge is -2.30. The Bertz CT molecular complexity index is 141. The van der Waals surface area contributed by atoms with E-state index >= 15 is 0 Å². The van der Waals surface area contributed by atoms with E-state index in [0.717, 1.165) is 6.42 Å². The Morgan fingerprint density at radius 2 is 2.33 bits per heavy atom. The van der Waals surface area contributed by atoms with Gasteiger partial charge in [0, 0.05) is 12.8 Å². The van der Waals surface area contributed by atoms with E-state index in [4.69, 9.17) is 4.74 Å². The maximum atomic E-state index is 9.67. The van der Waals surface area contributed by atoms with E-state index in [1.54, 1.807) is 0 Å². The Hall–Kier alpha value is -0.210. The molecule has 2 heteroatoms. The molecule has 2 unspecified atom stereocenters. The summed E-state index contributed by atoms with van der Waals surface area (Å²) in [5.74, 6) is 0.629. The number of aliphatic hydroxyl groups is 1. The average molecular weight is 171 g/mol. The van der Waals surface area contributed by atoms with E-state index in [2.05, 4.69) is 20.8 Å². The smallest absolute Gasteiger partial charge is 0.206 e. The van der Waals surface area contributed by atoms with Gasteiger partial charge in [-0.3, -0.25) is 0 Å². The van der Waals surface area contributed by atoms with Gasteiger partial charge in [-0.05, 0) is 12.3 Å². The molecular formula is C10H19O2+. The van der Waals surface area contributed by atoms with Gasteiger partial charge in [0.2, 0.25) is 5.60 Å². The van der Waals surface area contributed by atoms with Crippen LogP contribution in [0.3, 0.4) is 0 Å². The molecule has 1 aliphatic rings. The molecule has 1 N–H and O–H groups in total. The fraction of sp³-hybridized carbons (Fsp3) is 0.900. The van der Waals surface area contributed by atoms with Gasteiger partial charge in [0.25, 0.3) is 0 Å². The molecule has 0 aromatic heterocycles. The van der Waals surface area contributed by atoms with Crippen molar-refractivity contribution in [3.05, 3.63) is 6.92 Å². The lowest BCUT2D eigenvalue weighted by molar-refractivity contribution is -0.0859. The molecule has 1 fully saturated rings. The van der Waals surface area contributed by atoms with E-state index < -0.39 is 5.60 Å². The first-order valence-corrected chi connectivity index (χ1v) is 4.69. The second kappa shape index (κ2) is 3.67. The molecular weight excluding hydrogens is 152 g/mol. The SMILES string of the molecule is [CH2+]C1(O)CCOC(CC(C)C)C1. The Labute approximate surface area is 74.9 Å². The van der Waals surface area contributed by atoms with E-state index in [1.165, 1.54) is 0 Å². The largest absolute Gasteiger partial charge is 0.378 e. The summed E-state index contributed by atoms with van der Waals surface area (Å²) in [4.78, 5) is 0. The highest BCUT2D eigenvalue weighted by molar-refractivity contribution is 4.87. The van der Waals surface area contributed by atoms with Crippen molar-refractivity contribution < 1.29 is 9.84 Å². The number of hydrogen-bond donors (Lipinski definition) is 1. The van der Waals surface area contributed by atoms with Crippen molar-refractivity contribution in [2.45, 2.75) is 44.8 Å². The average Bonchev–Trinajstić information content (AvgIpc) is 1.82. The first-order chi connectivity index (χ1) is 5.49. The van der Waals surface area contributed by atoms with E-state index in [9.17, 15) is 5.11 Å². The van der Waals surface area contributed by atoms with Gasteiger partial charge >= 0.3 is 0 Å². The van der Waals surface area contributed by atoms with Gasteiger partial charge in [-0.2, -0.15) is 0 Å². The van der Waals surface area contributed by atoms with Gasteiger partial charge in [-0.1, -0.05) is 13.8 Å². The first-order valence-electron chi connectivity index (χ1n) is 4.69. The summed E-state index contributed by atoms with van der Waals surface area (Å²) in [5.41, 5.74) is -0.738. The highest BCUT2D eigenvalue weighted by Crippen LogP contribution is 2.26. The summed E-state index contributed by atoms with van der Waals surface area (Å²) in [6.07, 6.45) is 2.59. The molecule has 1 saturated heterocycles. The summed E-state index contributed by atoms with van der Waals surface area (Å²) in [6.45, 7) is 8.75. The summed E-state index contributed by atoms with van der Waals surface area (Å²) in [6, 6.07) is 0. The third-order valence-electron chi connectivity index (χ3n) is 2.26. The number of rotatable bonds is 2. The van der Waals surface area contributed by atoms with E-state index in [1.807, 2.05) is 0 Å². The molecule has 0 saturated carbocycles. The second-order valence-corrected chi connectivity index (χ2v) is 4.30. The van der Waals surface area contributed by atoms with Crippen LogP contribution in [0.25, 0.3) is 0 Å². The van der Waals surface area contributed by atoms with E-state index in [0.29, 0.717) is 25.4 Å². The van der Waals surface area contributed by atoms with Gasteiger partial charge in [0.05, 0.1) is 19.6 Å². The molecule has 0 radical (unpaired) electrons. The van der Waals surface area contributed by atoms with Crippen molar-refractivity contribution in [1.29, 1.82) is 0 Å². The molecule has 12 heavy (non-hydrogen) atoms. The van der Waals surface area contributed by atoms with Gasteiger partial charge in [-0.15, -0.1) is 0 Å². The predicted octanol–water partition coefficient (Wildman–Crippen LogP) is 1.78. The molecule has 0 aromatic rings. The minimum atomic E-state index is -0.738. The van der Waals surface area contributed by atoms with Gasteiger partial charge in [-0.25, -0.2) is 0 Å². The van der Waals surface area contributed by atoms with Crippen LogP contribution < -0.4 is 0 Å². The monoisotopic (exact) mass is 171 g/mol. The molecule has 0 bridgehead atoms. The minimum absolute atomic E-state index is 0.209. The lowest BCUT2D eigenvalue weighted by Crippen LogP contribution is -2.38. The van der Waals surface area contributed by atoms with Crippen molar-refractivity contribution in [2.24, 2.45) is 5.92 Å². The Morgan fingerprint density at radius 3 is 2.83 bits per heavy atom. The molecule has 1 heterocycles. The molecule has 0 aromatic carbocycles. The molecule has 1 rings (SSSR count).